The Morgan fingerprint density at radius 2 is 2.15 bits per heavy atom. The molecule has 1 atom stereocenters. The van der Waals surface area contributed by atoms with E-state index in [1.54, 1.807) is 22.8 Å². The van der Waals surface area contributed by atoms with Gasteiger partial charge in [-0.2, -0.15) is 0 Å². The van der Waals surface area contributed by atoms with Gasteiger partial charge >= 0.3 is 0 Å². The van der Waals surface area contributed by atoms with Gasteiger partial charge in [0.1, 0.15) is 10.0 Å². The molecule has 26 heavy (non-hydrogen) atoms. The number of thiazole rings is 1. The summed E-state index contributed by atoms with van der Waals surface area (Å²) >= 11 is 3.00. The highest BCUT2D eigenvalue weighted by molar-refractivity contribution is 7.18. The van der Waals surface area contributed by atoms with Crippen LogP contribution >= 0.6 is 22.7 Å². The number of thiophene rings is 1. The number of anilines is 1. The number of likely N-dealkylation sites (tertiary alicyclic amines) is 1. The molecule has 0 radical (unpaired) electrons. The van der Waals surface area contributed by atoms with Gasteiger partial charge in [-0.1, -0.05) is 12.1 Å². The second-order valence-corrected chi connectivity index (χ2v) is 8.20. The van der Waals surface area contributed by atoms with Crippen LogP contribution in [-0.2, 0) is 4.79 Å². The zero-order chi connectivity index (χ0) is 18.1. The van der Waals surface area contributed by atoms with E-state index in [0.29, 0.717) is 10.6 Å². The molecule has 1 fully saturated rings. The lowest BCUT2D eigenvalue weighted by Gasteiger charge is -2.21. The maximum absolute atomic E-state index is 12.5. The molecule has 1 aromatic carbocycles. The topological polar surface area (TPSA) is 88.3 Å². The second kappa shape index (κ2) is 7.14. The van der Waals surface area contributed by atoms with Gasteiger partial charge in [-0.25, -0.2) is 4.98 Å². The Morgan fingerprint density at radius 1 is 1.31 bits per heavy atom. The lowest BCUT2D eigenvalue weighted by atomic mass is 10.2. The van der Waals surface area contributed by atoms with Crippen molar-refractivity contribution in [3.8, 4) is 0 Å². The van der Waals surface area contributed by atoms with Crippen LogP contribution in [-0.4, -0.2) is 34.8 Å². The molecule has 1 saturated heterocycles. The van der Waals surface area contributed by atoms with E-state index in [1.807, 2.05) is 18.2 Å². The van der Waals surface area contributed by atoms with E-state index >= 15 is 0 Å². The van der Waals surface area contributed by atoms with E-state index in [-0.39, 0.29) is 18.5 Å². The number of amides is 2. The lowest BCUT2D eigenvalue weighted by molar-refractivity contribution is -0.117. The predicted molar refractivity (Wildman–Crippen MR) is 105 cm³/mol. The van der Waals surface area contributed by atoms with Crippen molar-refractivity contribution in [1.29, 1.82) is 0 Å². The number of hydrogen-bond donors (Lipinski definition) is 2. The van der Waals surface area contributed by atoms with E-state index in [2.05, 4.69) is 16.3 Å². The quantitative estimate of drug-likeness (QED) is 0.705. The van der Waals surface area contributed by atoms with Crippen LogP contribution in [0.15, 0.2) is 35.7 Å². The molecule has 134 valence electrons. The number of primary amides is 1. The van der Waals surface area contributed by atoms with Crippen LogP contribution in [0.25, 0.3) is 10.2 Å². The molecule has 0 saturated carbocycles. The molecule has 3 heterocycles. The highest BCUT2D eigenvalue weighted by Gasteiger charge is 2.30. The molecular weight excluding hydrogens is 368 g/mol. The Hall–Kier alpha value is -2.29. The van der Waals surface area contributed by atoms with E-state index < -0.39 is 5.91 Å². The van der Waals surface area contributed by atoms with Crippen LogP contribution in [0.3, 0.4) is 0 Å². The van der Waals surface area contributed by atoms with Gasteiger partial charge in [0, 0.05) is 0 Å². The molecule has 1 aliphatic heterocycles. The number of nitrogens with zero attached hydrogens (tertiary/aromatic N) is 2. The van der Waals surface area contributed by atoms with Gasteiger partial charge in [0.05, 0.1) is 28.4 Å². The summed E-state index contributed by atoms with van der Waals surface area (Å²) in [4.78, 5) is 30.8. The van der Waals surface area contributed by atoms with Crippen LogP contribution < -0.4 is 11.1 Å². The first-order chi connectivity index (χ1) is 12.6. The fraction of sp³-hybridized carbons (Fsp3) is 0.278. The average Bonchev–Trinajstić information content (AvgIpc) is 3.32. The Morgan fingerprint density at radius 3 is 2.96 bits per heavy atom. The zero-order valence-electron chi connectivity index (χ0n) is 14.0. The third kappa shape index (κ3) is 3.35. The molecule has 4 rings (SSSR count). The van der Waals surface area contributed by atoms with Gasteiger partial charge in [-0.3, -0.25) is 14.5 Å². The molecule has 8 heteroatoms. The molecule has 2 aromatic heterocycles. The van der Waals surface area contributed by atoms with Crippen LogP contribution in [0.2, 0.25) is 0 Å². The van der Waals surface area contributed by atoms with Crippen LogP contribution in [0, 0.1) is 0 Å². The first-order valence-corrected chi connectivity index (χ1v) is 10.1. The highest BCUT2D eigenvalue weighted by Crippen LogP contribution is 2.36. The fourth-order valence-electron chi connectivity index (χ4n) is 3.28. The van der Waals surface area contributed by atoms with Gasteiger partial charge in [0.2, 0.25) is 5.91 Å². The first-order valence-electron chi connectivity index (χ1n) is 8.38. The van der Waals surface area contributed by atoms with E-state index in [1.165, 1.54) is 16.0 Å². The predicted octanol–water partition coefficient (Wildman–Crippen LogP) is 3.23. The minimum atomic E-state index is -0.532. The van der Waals surface area contributed by atoms with Crippen molar-refractivity contribution < 1.29 is 9.59 Å². The lowest BCUT2D eigenvalue weighted by Crippen LogP contribution is -2.33. The van der Waals surface area contributed by atoms with E-state index in [4.69, 9.17) is 10.7 Å². The van der Waals surface area contributed by atoms with Crippen LogP contribution in [0.5, 0.6) is 0 Å². The fourth-order valence-corrected chi connectivity index (χ4v) is 5.22. The van der Waals surface area contributed by atoms with Gasteiger partial charge < -0.3 is 11.1 Å². The summed E-state index contributed by atoms with van der Waals surface area (Å²) in [7, 11) is 0. The highest BCUT2D eigenvalue weighted by atomic mass is 32.1. The molecule has 6 nitrogen and oxygen atoms in total. The molecular formula is C18H18N4O2S2. The smallest absolute Gasteiger partial charge is 0.251 e. The molecule has 1 unspecified atom stereocenters. The van der Waals surface area contributed by atoms with Crippen molar-refractivity contribution in [2.75, 3.05) is 18.4 Å². The summed E-state index contributed by atoms with van der Waals surface area (Å²) in [6, 6.07) is 9.89. The van der Waals surface area contributed by atoms with Gasteiger partial charge in [0.15, 0.2) is 0 Å². The minimum Gasteiger partial charge on any atom is -0.366 e. The maximum atomic E-state index is 12.5. The summed E-state index contributed by atoms with van der Waals surface area (Å²) in [6.07, 6.45) is 2.04. The van der Waals surface area contributed by atoms with Crippen molar-refractivity contribution in [1.82, 2.24) is 9.88 Å². The molecule has 2 amide bonds. The largest absolute Gasteiger partial charge is 0.366 e. The Kier molecular flexibility index (Phi) is 4.71. The van der Waals surface area contributed by atoms with Crippen molar-refractivity contribution in [2.45, 2.75) is 18.9 Å². The molecule has 0 bridgehead atoms. The van der Waals surface area contributed by atoms with Crippen LogP contribution in [0.1, 0.15) is 34.2 Å². The molecule has 1 aliphatic rings. The van der Waals surface area contributed by atoms with Crippen LogP contribution in [0.4, 0.5) is 5.00 Å². The number of para-hydroxylation sites is 1. The maximum Gasteiger partial charge on any atom is 0.251 e. The molecule has 0 spiro atoms. The number of hydrogen-bond acceptors (Lipinski definition) is 6. The monoisotopic (exact) mass is 386 g/mol. The molecule has 0 aliphatic carbocycles. The van der Waals surface area contributed by atoms with E-state index in [9.17, 15) is 9.59 Å². The number of carbonyl (C=O) groups excluding carboxylic acids is 2. The van der Waals surface area contributed by atoms with Gasteiger partial charge in [-0.15, -0.1) is 22.7 Å². The summed E-state index contributed by atoms with van der Waals surface area (Å²) in [5, 5.41) is 6.14. The summed E-state index contributed by atoms with van der Waals surface area (Å²) in [5.74, 6) is -0.668. The minimum absolute atomic E-state index is 0.136. The Labute approximate surface area is 158 Å². The van der Waals surface area contributed by atoms with Crippen molar-refractivity contribution in [2.24, 2.45) is 5.73 Å². The van der Waals surface area contributed by atoms with Crippen molar-refractivity contribution in [3.05, 3.63) is 46.3 Å². The summed E-state index contributed by atoms with van der Waals surface area (Å²) in [6.45, 7) is 1.14. The van der Waals surface area contributed by atoms with Gasteiger partial charge in [0.25, 0.3) is 5.91 Å². The van der Waals surface area contributed by atoms with Crippen molar-refractivity contribution >= 4 is 49.7 Å². The van der Waals surface area contributed by atoms with Crippen molar-refractivity contribution in [3.63, 3.8) is 0 Å². The Balaban J connectivity index is 1.47. The normalized spacial score (nSPS) is 17.6. The Bertz CT molecular complexity index is 932. The number of rotatable bonds is 5. The second-order valence-electron chi connectivity index (χ2n) is 6.22. The SMILES string of the molecule is NC(=O)c1ccsc1NC(=O)CN1CCCC1c1nc2ccccc2s1. The van der Waals surface area contributed by atoms with E-state index in [0.717, 1.165) is 29.9 Å². The number of benzene rings is 1. The summed E-state index contributed by atoms with van der Waals surface area (Å²) < 4.78 is 1.17. The number of carbonyl (C=O) groups is 2. The number of nitrogens with one attached hydrogen (secondary N) is 1. The number of aromatic nitrogens is 1. The molecule has 3 aromatic rings. The third-order valence-corrected chi connectivity index (χ3v) is 6.46. The number of nitrogens with two attached hydrogens (primary N) is 1. The first kappa shape index (κ1) is 17.1. The third-order valence-electron chi connectivity index (χ3n) is 4.49. The standard InChI is InChI=1S/C18H18N4O2S2/c19-16(24)11-7-9-25-17(11)21-15(23)10-22-8-3-5-13(22)18-20-12-4-1-2-6-14(12)26-18/h1-2,4,6-7,9,13H,3,5,8,10H2,(H2,19,24)(H,21,23). The molecule has 3 N–H and O–H groups in total. The zero-order valence-corrected chi connectivity index (χ0v) is 15.6. The van der Waals surface area contributed by atoms with Gasteiger partial charge in [-0.05, 0) is 43.0 Å². The number of fused-ring (bicyclic) bond motifs is 1. The summed E-state index contributed by atoms with van der Waals surface area (Å²) in [5.41, 5.74) is 6.69. The average molecular weight is 387 g/mol.